The van der Waals surface area contributed by atoms with Crippen molar-refractivity contribution in [3.8, 4) is 0 Å². The molecular weight excluding hydrogens is 164 g/mol. The predicted molar refractivity (Wildman–Crippen MR) is 63.4 cm³/mol. The summed E-state index contributed by atoms with van der Waals surface area (Å²) in [6.07, 6.45) is 0. The van der Waals surface area contributed by atoms with Gasteiger partial charge in [0.25, 0.3) is 0 Å². The smallest absolute Gasteiger partial charge is 0.00737 e. The first kappa shape index (κ1) is 12.2. The van der Waals surface area contributed by atoms with Crippen molar-refractivity contribution >= 4 is 16.4 Å². The summed E-state index contributed by atoms with van der Waals surface area (Å²) in [7, 11) is 0.341. The van der Waals surface area contributed by atoms with Gasteiger partial charge in [-0.3, -0.25) is 0 Å². The molecule has 0 radical (unpaired) electrons. The normalized spacial score (nSPS) is 13.9. The van der Waals surface area contributed by atoms with E-state index < -0.39 is 0 Å². The molecule has 0 heterocycles. The van der Waals surface area contributed by atoms with Gasteiger partial charge in [-0.15, -0.1) is 0 Å². The molecule has 0 nitrogen and oxygen atoms in total. The summed E-state index contributed by atoms with van der Waals surface area (Å²) in [4.78, 5) is 0. The molecule has 0 amide bonds. The fourth-order valence-corrected chi connectivity index (χ4v) is 3.83. The lowest BCUT2D eigenvalue weighted by Crippen LogP contribution is -2.16. The summed E-state index contributed by atoms with van der Waals surface area (Å²) >= 11 is 0. The number of hydrogen-bond acceptors (Lipinski definition) is 0. The summed E-state index contributed by atoms with van der Waals surface area (Å²) in [5.74, 6) is 6.74. The quantitative estimate of drug-likeness (QED) is 0.579. The van der Waals surface area contributed by atoms with Crippen molar-refractivity contribution in [1.82, 2.24) is 0 Å². The average Bonchev–Trinajstić information content (AvgIpc) is 1.49. The second kappa shape index (κ2) is 3.95. The van der Waals surface area contributed by atoms with Crippen LogP contribution in [-0.2, 0) is 0 Å². The van der Waals surface area contributed by atoms with Crippen LogP contribution in [0.2, 0.25) is 0 Å². The van der Waals surface area contributed by atoms with E-state index in [9.17, 15) is 0 Å². The molecule has 12 heavy (non-hydrogen) atoms. The van der Waals surface area contributed by atoms with E-state index in [0.717, 1.165) is 0 Å². The number of rotatable bonds is 2. The van der Waals surface area contributed by atoms with Crippen LogP contribution in [0.1, 0.15) is 41.5 Å². The highest BCUT2D eigenvalue weighted by Crippen LogP contribution is 2.30. The zero-order chi connectivity index (χ0) is 9.99. The lowest BCUT2D eigenvalue weighted by Gasteiger charge is -2.26. The molecule has 0 atom stereocenters. The third-order valence-corrected chi connectivity index (χ3v) is 3.82. The van der Waals surface area contributed by atoms with Crippen LogP contribution in [0, 0.1) is 10.8 Å². The second-order valence-corrected chi connectivity index (χ2v) is 7.82. The van der Waals surface area contributed by atoms with E-state index in [-0.39, 0.29) is 0 Å². The van der Waals surface area contributed by atoms with E-state index in [1.54, 1.807) is 0 Å². The first-order valence-corrected chi connectivity index (χ1v) is 6.31. The van der Waals surface area contributed by atoms with Gasteiger partial charge in [-0.2, -0.15) is 10.5 Å². The fourth-order valence-electron chi connectivity index (χ4n) is 1.28. The van der Waals surface area contributed by atoms with Crippen LogP contribution in [0.5, 0.6) is 0 Å². The average molecular weight is 188 g/mol. The molecule has 0 aliphatic heterocycles. The van der Waals surface area contributed by atoms with E-state index in [4.69, 9.17) is 0 Å². The van der Waals surface area contributed by atoms with Crippen molar-refractivity contribution < 1.29 is 0 Å². The minimum atomic E-state index is 0.341. The van der Waals surface area contributed by atoms with Crippen LogP contribution in [0.25, 0.3) is 0 Å². The topological polar surface area (TPSA) is 0 Å². The Hall–Kier alpha value is 0.220. The lowest BCUT2D eigenvalue weighted by atomic mass is 10.0. The Bertz CT molecular complexity index is 137. The third kappa shape index (κ3) is 8.32. The van der Waals surface area contributed by atoms with Gasteiger partial charge in [0.15, 0.2) is 0 Å². The summed E-state index contributed by atoms with van der Waals surface area (Å²) in [6, 6.07) is 0. The molecule has 0 aromatic carbocycles. The van der Waals surface area contributed by atoms with Gasteiger partial charge in [0.1, 0.15) is 0 Å². The van der Waals surface area contributed by atoms with Crippen molar-refractivity contribution in [2.75, 3.05) is 11.5 Å². The van der Waals surface area contributed by atoms with Gasteiger partial charge < -0.3 is 0 Å². The maximum absolute atomic E-state index is 4.24. The van der Waals surface area contributed by atoms with Crippen LogP contribution in [0.15, 0.2) is 0 Å². The van der Waals surface area contributed by atoms with E-state index in [1.165, 1.54) is 11.5 Å². The van der Waals surface area contributed by atoms with Crippen molar-refractivity contribution in [3.63, 3.8) is 0 Å². The summed E-state index contributed by atoms with van der Waals surface area (Å²) in [6.45, 7) is 13.8. The standard InChI is InChI=1S/C11H24S/c1-10(2,3)8-12(7)9-11(4,5)6/h7-9H2,1-6H3. The summed E-state index contributed by atoms with van der Waals surface area (Å²) in [5, 5.41) is 0. The molecule has 74 valence electrons. The Morgan fingerprint density at radius 3 is 1.25 bits per heavy atom. The Morgan fingerprint density at radius 2 is 1.08 bits per heavy atom. The Labute approximate surface area is 80.7 Å². The number of hydrogen-bond donors (Lipinski definition) is 0. The molecule has 0 unspecified atom stereocenters. The van der Waals surface area contributed by atoms with E-state index in [2.05, 4.69) is 47.4 Å². The van der Waals surface area contributed by atoms with Crippen molar-refractivity contribution in [3.05, 3.63) is 0 Å². The molecule has 0 fully saturated rings. The highest BCUT2D eigenvalue weighted by Gasteiger charge is 2.16. The minimum absolute atomic E-state index is 0.341. The molecule has 0 saturated heterocycles. The fraction of sp³-hybridized carbons (Fsp3) is 0.909. The predicted octanol–water partition coefficient (Wildman–Crippen LogP) is 3.78. The van der Waals surface area contributed by atoms with Gasteiger partial charge in [0.2, 0.25) is 0 Å². The van der Waals surface area contributed by atoms with Crippen molar-refractivity contribution in [2.24, 2.45) is 10.8 Å². The van der Waals surface area contributed by atoms with E-state index in [1.807, 2.05) is 0 Å². The van der Waals surface area contributed by atoms with Crippen LogP contribution in [-0.4, -0.2) is 17.4 Å². The van der Waals surface area contributed by atoms with Crippen LogP contribution in [0.4, 0.5) is 0 Å². The van der Waals surface area contributed by atoms with Gasteiger partial charge in [-0.05, 0) is 22.3 Å². The van der Waals surface area contributed by atoms with Gasteiger partial charge in [-0.25, -0.2) is 0 Å². The molecule has 0 rings (SSSR count). The van der Waals surface area contributed by atoms with Gasteiger partial charge in [-0.1, -0.05) is 47.4 Å². The molecule has 0 aromatic rings. The molecule has 0 spiro atoms. The second-order valence-electron chi connectivity index (χ2n) is 6.02. The maximum atomic E-state index is 4.24. The van der Waals surface area contributed by atoms with Crippen molar-refractivity contribution in [1.29, 1.82) is 0 Å². The van der Waals surface area contributed by atoms with Gasteiger partial charge in [0.05, 0.1) is 0 Å². The largest absolute Gasteiger partial charge is 0.192 e. The lowest BCUT2D eigenvalue weighted by molar-refractivity contribution is 0.465. The zero-order valence-electron chi connectivity index (χ0n) is 9.53. The Balaban J connectivity index is 3.92. The SMILES string of the molecule is C=S(CC(C)(C)C)CC(C)(C)C. The van der Waals surface area contributed by atoms with Crippen LogP contribution in [0.3, 0.4) is 0 Å². The monoisotopic (exact) mass is 188 g/mol. The van der Waals surface area contributed by atoms with E-state index >= 15 is 0 Å². The highest BCUT2D eigenvalue weighted by atomic mass is 32.2. The molecule has 0 bridgehead atoms. The maximum Gasteiger partial charge on any atom is -0.00737 e. The van der Waals surface area contributed by atoms with E-state index in [0.29, 0.717) is 21.3 Å². The van der Waals surface area contributed by atoms with Crippen LogP contribution < -0.4 is 0 Å². The molecule has 0 aromatic heterocycles. The first-order valence-electron chi connectivity index (χ1n) is 4.57. The molecular formula is C11H24S. The molecule has 1 heteroatoms. The summed E-state index contributed by atoms with van der Waals surface area (Å²) < 4.78 is 0. The van der Waals surface area contributed by atoms with Crippen LogP contribution >= 0.6 is 10.5 Å². The molecule has 0 aliphatic carbocycles. The zero-order valence-corrected chi connectivity index (χ0v) is 10.3. The van der Waals surface area contributed by atoms with Crippen molar-refractivity contribution in [2.45, 2.75) is 41.5 Å². The highest BCUT2D eigenvalue weighted by molar-refractivity contribution is 8.14. The Kier molecular flexibility index (Phi) is 4.02. The van der Waals surface area contributed by atoms with Gasteiger partial charge >= 0.3 is 0 Å². The first-order chi connectivity index (χ1) is 5.10. The summed E-state index contributed by atoms with van der Waals surface area (Å²) in [5.41, 5.74) is 0.881. The minimum Gasteiger partial charge on any atom is -0.192 e. The molecule has 0 aliphatic rings. The Morgan fingerprint density at radius 1 is 0.833 bits per heavy atom. The third-order valence-electron chi connectivity index (χ3n) is 1.27. The van der Waals surface area contributed by atoms with Gasteiger partial charge in [0, 0.05) is 0 Å². The molecule has 0 saturated carbocycles. The molecule has 0 N–H and O–H groups in total.